The summed E-state index contributed by atoms with van der Waals surface area (Å²) in [7, 11) is 0. The zero-order valence-electron chi connectivity index (χ0n) is 9.31. The number of alkyl halides is 3. The minimum atomic E-state index is -4.45. The highest BCUT2D eigenvalue weighted by Gasteiger charge is 2.32. The molecule has 102 valence electrons. The third-order valence-corrected chi connectivity index (χ3v) is 4.04. The lowest BCUT2D eigenvalue weighted by Crippen LogP contribution is -2.41. The van der Waals surface area contributed by atoms with Crippen LogP contribution in [0.15, 0.2) is 21.7 Å². The zero-order valence-corrected chi connectivity index (χ0v) is 10.9. The second kappa shape index (κ2) is 7.01. The highest BCUT2D eigenvalue weighted by Crippen LogP contribution is 2.24. The molecule has 0 saturated heterocycles. The molecule has 0 radical (unpaired) electrons. The third-order valence-electron chi connectivity index (χ3n) is 1.93. The SMILES string of the molecule is O=C(CSc1cccs1)N(CCO)CC(F)(F)F. The lowest BCUT2D eigenvalue weighted by molar-refractivity contribution is -0.160. The van der Waals surface area contributed by atoms with Crippen molar-refractivity contribution in [2.75, 3.05) is 25.4 Å². The Hall–Kier alpha value is -0.730. The van der Waals surface area contributed by atoms with Crippen LogP contribution in [0.3, 0.4) is 0 Å². The van der Waals surface area contributed by atoms with Crippen LogP contribution in [0.4, 0.5) is 13.2 Å². The van der Waals surface area contributed by atoms with Crippen molar-refractivity contribution in [1.29, 1.82) is 0 Å². The van der Waals surface area contributed by atoms with E-state index in [-0.39, 0.29) is 12.3 Å². The number of hydrogen-bond donors (Lipinski definition) is 1. The second-order valence-electron chi connectivity index (χ2n) is 3.37. The lowest BCUT2D eigenvalue weighted by atomic mass is 10.4. The van der Waals surface area contributed by atoms with Crippen molar-refractivity contribution in [3.63, 3.8) is 0 Å². The largest absolute Gasteiger partial charge is 0.406 e. The van der Waals surface area contributed by atoms with Gasteiger partial charge < -0.3 is 10.0 Å². The van der Waals surface area contributed by atoms with Gasteiger partial charge >= 0.3 is 6.18 Å². The predicted molar refractivity (Wildman–Crippen MR) is 64.8 cm³/mol. The highest BCUT2D eigenvalue weighted by atomic mass is 32.2. The number of halogens is 3. The van der Waals surface area contributed by atoms with Gasteiger partial charge in [-0.2, -0.15) is 13.2 Å². The molecule has 3 nitrogen and oxygen atoms in total. The number of aliphatic hydroxyl groups is 1. The van der Waals surface area contributed by atoms with Crippen molar-refractivity contribution in [3.8, 4) is 0 Å². The normalized spacial score (nSPS) is 11.6. The van der Waals surface area contributed by atoms with E-state index in [4.69, 9.17) is 5.11 Å². The number of amides is 1. The number of carbonyl (C=O) groups is 1. The van der Waals surface area contributed by atoms with Crippen molar-refractivity contribution in [1.82, 2.24) is 4.90 Å². The Balaban J connectivity index is 2.48. The summed E-state index contributed by atoms with van der Waals surface area (Å²) in [6, 6.07) is 3.60. The number of hydrogen-bond acceptors (Lipinski definition) is 4. The molecule has 0 aliphatic carbocycles. The molecule has 8 heteroatoms. The summed E-state index contributed by atoms with van der Waals surface area (Å²) in [6.07, 6.45) is -4.45. The fourth-order valence-corrected chi connectivity index (χ4v) is 2.89. The van der Waals surface area contributed by atoms with Crippen LogP contribution in [0.5, 0.6) is 0 Å². The van der Waals surface area contributed by atoms with Gasteiger partial charge in [0.25, 0.3) is 0 Å². The topological polar surface area (TPSA) is 40.5 Å². The molecule has 0 aliphatic heterocycles. The van der Waals surface area contributed by atoms with Crippen LogP contribution in [0.2, 0.25) is 0 Å². The van der Waals surface area contributed by atoms with Gasteiger partial charge in [-0.05, 0) is 11.4 Å². The molecule has 0 aliphatic rings. The minimum Gasteiger partial charge on any atom is -0.395 e. The van der Waals surface area contributed by atoms with Crippen LogP contribution in [0.25, 0.3) is 0 Å². The Kier molecular flexibility index (Phi) is 5.97. The van der Waals surface area contributed by atoms with E-state index in [1.54, 1.807) is 12.1 Å². The average Bonchev–Trinajstić information content (AvgIpc) is 2.76. The van der Waals surface area contributed by atoms with Gasteiger partial charge in [0, 0.05) is 6.54 Å². The van der Waals surface area contributed by atoms with Gasteiger partial charge in [-0.3, -0.25) is 4.79 Å². The molecule has 1 aromatic rings. The van der Waals surface area contributed by atoms with E-state index in [1.807, 2.05) is 5.38 Å². The Labute approximate surface area is 111 Å². The quantitative estimate of drug-likeness (QED) is 0.819. The first-order chi connectivity index (χ1) is 8.42. The van der Waals surface area contributed by atoms with E-state index in [9.17, 15) is 18.0 Å². The van der Waals surface area contributed by atoms with Gasteiger partial charge in [0.1, 0.15) is 6.54 Å². The molecule has 1 aromatic heterocycles. The molecule has 1 heterocycles. The van der Waals surface area contributed by atoms with Crippen molar-refractivity contribution < 1.29 is 23.1 Å². The van der Waals surface area contributed by atoms with Gasteiger partial charge in [0.05, 0.1) is 16.6 Å². The molecule has 1 amide bonds. The third kappa shape index (κ3) is 5.74. The minimum absolute atomic E-state index is 0.0589. The zero-order chi connectivity index (χ0) is 13.6. The van der Waals surface area contributed by atoms with Gasteiger partial charge in [0.2, 0.25) is 5.91 Å². The van der Waals surface area contributed by atoms with Crippen molar-refractivity contribution >= 4 is 29.0 Å². The fourth-order valence-electron chi connectivity index (χ4n) is 1.20. The van der Waals surface area contributed by atoms with Crippen LogP contribution in [0, 0.1) is 0 Å². The van der Waals surface area contributed by atoms with Gasteiger partial charge in [-0.15, -0.1) is 23.1 Å². The first kappa shape index (κ1) is 15.3. The summed E-state index contributed by atoms with van der Waals surface area (Å²) < 4.78 is 37.5. The molecule has 0 spiro atoms. The smallest absolute Gasteiger partial charge is 0.395 e. The number of aliphatic hydroxyl groups excluding tert-OH is 1. The predicted octanol–water partition coefficient (Wildman–Crippen LogP) is 2.22. The molecule has 0 unspecified atom stereocenters. The molecule has 0 aromatic carbocycles. The van der Waals surface area contributed by atoms with Crippen LogP contribution in [-0.4, -0.2) is 47.5 Å². The molecule has 0 bridgehead atoms. The van der Waals surface area contributed by atoms with Gasteiger partial charge in [-0.25, -0.2) is 0 Å². The summed E-state index contributed by atoms with van der Waals surface area (Å²) >= 11 is 2.62. The van der Waals surface area contributed by atoms with E-state index in [0.717, 1.165) is 4.21 Å². The standard InChI is InChI=1S/C10H12F3NO2S2/c11-10(12,13)7-14(3-4-15)8(16)6-18-9-2-1-5-17-9/h1-2,5,15H,3-4,6-7H2. The average molecular weight is 299 g/mol. The van der Waals surface area contributed by atoms with E-state index in [1.165, 1.54) is 23.1 Å². The monoisotopic (exact) mass is 299 g/mol. The van der Waals surface area contributed by atoms with Crippen molar-refractivity contribution in [2.45, 2.75) is 10.4 Å². The molecule has 0 saturated carbocycles. The number of rotatable bonds is 6. The fraction of sp³-hybridized carbons (Fsp3) is 0.500. The first-order valence-corrected chi connectivity index (χ1v) is 6.90. The molecule has 1 N–H and O–H groups in total. The summed E-state index contributed by atoms with van der Waals surface area (Å²) in [6.45, 7) is -2.10. The highest BCUT2D eigenvalue weighted by molar-refractivity contribution is 8.01. The van der Waals surface area contributed by atoms with Crippen LogP contribution in [0.1, 0.15) is 0 Å². The van der Waals surface area contributed by atoms with Crippen molar-refractivity contribution in [3.05, 3.63) is 17.5 Å². The van der Waals surface area contributed by atoms with Crippen LogP contribution < -0.4 is 0 Å². The Morgan fingerprint density at radius 2 is 2.22 bits per heavy atom. The van der Waals surface area contributed by atoms with E-state index < -0.39 is 25.2 Å². The van der Waals surface area contributed by atoms with Crippen LogP contribution in [-0.2, 0) is 4.79 Å². The maximum absolute atomic E-state index is 12.2. The first-order valence-electron chi connectivity index (χ1n) is 5.04. The number of thioether (sulfide) groups is 1. The van der Waals surface area contributed by atoms with Gasteiger partial charge in [-0.1, -0.05) is 6.07 Å². The summed E-state index contributed by atoms with van der Waals surface area (Å²) in [5, 5.41) is 10.5. The summed E-state index contributed by atoms with van der Waals surface area (Å²) in [5.74, 6) is -0.684. The Bertz CT molecular complexity index is 368. The lowest BCUT2D eigenvalue weighted by Gasteiger charge is -2.22. The maximum atomic E-state index is 12.2. The molecule has 1 rings (SSSR count). The van der Waals surface area contributed by atoms with Crippen molar-refractivity contribution in [2.24, 2.45) is 0 Å². The molecular weight excluding hydrogens is 287 g/mol. The molecule has 0 fully saturated rings. The number of nitrogens with zero attached hydrogens (tertiary/aromatic N) is 1. The van der Waals surface area contributed by atoms with E-state index in [0.29, 0.717) is 4.90 Å². The molecular formula is C10H12F3NO2S2. The van der Waals surface area contributed by atoms with E-state index >= 15 is 0 Å². The maximum Gasteiger partial charge on any atom is 0.406 e. The Morgan fingerprint density at radius 1 is 1.50 bits per heavy atom. The van der Waals surface area contributed by atoms with Gasteiger partial charge in [0.15, 0.2) is 0 Å². The van der Waals surface area contributed by atoms with Crippen LogP contribution >= 0.6 is 23.1 Å². The number of carbonyl (C=O) groups excluding carboxylic acids is 1. The second-order valence-corrected chi connectivity index (χ2v) is 5.60. The molecule has 18 heavy (non-hydrogen) atoms. The summed E-state index contributed by atoms with van der Waals surface area (Å²) in [4.78, 5) is 12.2. The van der Waals surface area contributed by atoms with E-state index in [2.05, 4.69) is 0 Å². The molecule has 0 atom stereocenters. The Morgan fingerprint density at radius 3 is 2.72 bits per heavy atom. The number of thiophene rings is 1. The summed E-state index contributed by atoms with van der Waals surface area (Å²) in [5.41, 5.74) is 0.